The molecule has 0 radical (unpaired) electrons. The monoisotopic (exact) mass is 638 g/mol. The summed E-state index contributed by atoms with van der Waals surface area (Å²) in [7, 11) is 1.61. The molecule has 0 bridgehead atoms. The van der Waals surface area contributed by atoms with Crippen molar-refractivity contribution in [2.24, 2.45) is 0 Å². The van der Waals surface area contributed by atoms with Gasteiger partial charge in [-0.2, -0.15) is 0 Å². The first kappa shape index (κ1) is 22.1. The average molecular weight is 640 g/mol. The summed E-state index contributed by atoms with van der Waals surface area (Å²) in [4.78, 5) is 0. The molecule has 0 fully saturated rings. The Hall–Kier alpha value is -1.55. The summed E-state index contributed by atoms with van der Waals surface area (Å²) < 4.78 is 28.8. The van der Waals surface area contributed by atoms with Crippen molar-refractivity contribution in [1.82, 2.24) is 0 Å². The van der Waals surface area contributed by atoms with E-state index in [0.717, 1.165) is 23.8 Å². The van der Waals surface area contributed by atoms with Crippen LogP contribution in [0.15, 0.2) is 21.1 Å². The van der Waals surface area contributed by atoms with Crippen LogP contribution in [0.5, 0.6) is 23.0 Å². The smallest absolute Gasteiger partial charge is 0.231 e. The Kier molecular flexibility index (Phi) is 7.26. The standard InChI is InChI=1S/C12H12BrNO3.C7H5BrINO2/c1-7(15-2)3-4-8-5-9(13)10(14)12-11(8)16-6-17-12;8-3-1-4(9)6-7(5(3)10)12-2-11-6/h5,7H,6,14H2,1-2H3;1H,2,10H2. The largest absolute Gasteiger partial charge is 0.452 e. The first-order valence-electron chi connectivity index (χ1n) is 8.28. The summed E-state index contributed by atoms with van der Waals surface area (Å²) in [5.41, 5.74) is 13.5. The Labute approximate surface area is 198 Å². The van der Waals surface area contributed by atoms with Crippen molar-refractivity contribution in [1.29, 1.82) is 0 Å². The van der Waals surface area contributed by atoms with Gasteiger partial charge in [0.15, 0.2) is 23.0 Å². The molecule has 0 saturated carbocycles. The molecule has 154 valence electrons. The highest BCUT2D eigenvalue weighted by Gasteiger charge is 2.23. The van der Waals surface area contributed by atoms with Crippen LogP contribution in [-0.2, 0) is 4.74 Å². The fourth-order valence-corrected chi connectivity index (χ4v) is 4.37. The van der Waals surface area contributed by atoms with E-state index in [1.807, 2.05) is 19.1 Å². The third-order valence-electron chi connectivity index (χ3n) is 3.98. The fourth-order valence-electron chi connectivity index (χ4n) is 2.41. The summed E-state index contributed by atoms with van der Waals surface area (Å²) >= 11 is 8.88. The molecule has 7 nitrogen and oxygen atoms in total. The molecule has 0 aromatic heterocycles. The summed E-state index contributed by atoms with van der Waals surface area (Å²) in [6.45, 7) is 2.30. The lowest BCUT2D eigenvalue weighted by Gasteiger charge is -2.05. The van der Waals surface area contributed by atoms with Crippen LogP contribution in [0.4, 0.5) is 11.4 Å². The highest BCUT2D eigenvalue weighted by atomic mass is 127. The lowest BCUT2D eigenvalue weighted by molar-refractivity contribution is 0.163. The second-order valence-electron chi connectivity index (χ2n) is 5.85. The molecule has 0 saturated heterocycles. The minimum atomic E-state index is -0.135. The van der Waals surface area contributed by atoms with Crippen molar-refractivity contribution in [2.75, 3.05) is 32.2 Å². The molecule has 0 aliphatic carbocycles. The van der Waals surface area contributed by atoms with E-state index in [0.29, 0.717) is 28.6 Å². The van der Waals surface area contributed by atoms with E-state index in [-0.39, 0.29) is 19.7 Å². The number of benzene rings is 2. The van der Waals surface area contributed by atoms with Crippen LogP contribution in [0.2, 0.25) is 0 Å². The van der Waals surface area contributed by atoms with Crippen LogP contribution >= 0.6 is 54.5 Å². The average Bonchev–Trinajstić information content (AvgIpc) is 3.38. The van der Waals surface area contributed by atoms with Crippen LogP contribution < -0.4 is 30.4 Å². The topological polar surface area (TPSA) is 98.2 Å². The third-order valence-corrected chi connectivity index (χ3v) is 6.09. The summed E-state index contributed by atoms with van der Waals surface area (Å²) in [6, 6.07) is 3.72. The molecule has 0 amide bonds. The molecule has 2 heterocycles. The van der Waals surface area contributed by atoms with Crippen LogP contribution in [0.1, 0.15) is 12.5 Å². The summed E-state index contributed by atoms with van der Waals surface area (Å²) in [5.74, 6) is 8.50. The molecule has 2 aromatic rings. The number of fused-ring (bicyclic) bond motifs is 2. The number of methoxy groups -OCH3 is 1. The Balaban J connectivity index is 0.000000176. The van der Waals surface area contributed by atoms with Crippen molar-refractivity contribution in [2.45, 2.75) is 13.0 Å². The Morgan fingerprint density at radius 1 is 0.966 bits per heavy atom. The van der Waals surface area contributed by atoms with Gasteiger partial charge in [-0.25, -0.2) is 0 Å². The van der Waals surface area contributed by atoms with E-state index in [2.05, 4.69) is 66.3 Å². The minimum Gasteiger partial charge on any atom is -0.452 e. The van der Waals surface area contributed by atoms with E-state index in [1.165, 1.54) is 0 Å². The van der Waals surface area contributed by atoms with Gasteiger partial charge in [-0.3, -0.25) is 0 Å². The molecule has 2 aromatic carbocycles. The van der Waals surface area contributed by atoms with Crippen LogP contribution in [0.25, 0.3) is 0 Å². The normalized spacial score (nSPS) is 13.8. The van der Waals surface area contributed by atoms with Gasteiger partial charge in [-0.15, -0.1) is 0 Å². The van der Waals surface area contributed by atoms with E-state index in [1.54, 1.807) is 7.11 Å². The lowest BCUT2D eigenvalue weighted by atomic mass is 10.1. The predicted molar refractivity (Wildman–Crippen MR) is 125 cm³/mol. The van der Waals surface area contributed by atoms with Gasteiger partial charge in [-0.05, 0) is 73.5 Å². The molecule has 10 heteroatoms. The molecule has 2 aliphatic rings. The van der Waals surface area contributed by atoms with Gasteiger partial charge in [0, 0.05) is 16.1 Å². The third kappa shape index (κ3) is 4.79. The predicted octanol–water partition coefficient (Wildman–Crippen LogP) is 4.51. The maximum absolute atomic E-state index is 5.86. The number of anilines is 2. The van der Waals surface area contributed by atoms with E-state index in [4.69, 9.17) is 35.2 Å². The molecule has 0 spiro atoms. The lowest BCUT2D eigenvalue weighted by Crippen LogP contribution is -1.99. The molecule has 29 heavy (non-hydrogen) atoms. The fraction of sp³-hybridized carbons (Fsp3) is 0.263. The first-order valence-corrected chi connectivity index (χ1v) is 10.9. The summed E-state index contributed by atoms with van der Waals surface area (Å²) in [5, 5.41) is 0. The van der Waals surface area contributed by atoms with Gasteiger partial charge in [-0.1, -0.05) is 11.8 Å². The number of ether oxygens (including phenoxy) is 5. The first-order chi connectivity index (χ1) is 13.8. The zero-order valence-corrected chi connectivity index (χ0v) is 20.8. The zero-order chi connectivity index (χ0) is 21.1. The van der Waals surface area contributed by atoms with E-state index < -0.39 is 0 Å². The maximum Gasteiger partial charge on any atom is 0.231 e. The summed E-state index contributed by atoms with van der Waals surface area (Å²) in [6.07, 6.45) is -0.135. The number of hydrogen-bond acceptors (Lipinski definition) is 7. The Bertz CT molecular complexity index is 1010. The van der Waals surface area contributed by atoms with Gasteiger partial charge >= 0.3 is 0 Å². The molecule has 4 rings (SSSR count). The highest BCUT2D eigenvalue weighted by Crippen LogP contribution is 2.45. The number of rotatable bonds is 1. The molecular formula is C19H17Br2IN2O5. The van der Waals surface area contributed by atoms with E-state index in [9.17, 15) is 0 Å². The van der Waals surface area contributed by atoms with Crippen molar-refractivity contribution in [3.8, 4) is 34.8 Å². The molecular weight excluding hydrogens is 623 g/mol. The molecule has 1 unspecified atom stereocenters. The quantitative estimate of drug-likeness (QED) is 0.269. The van der Waals surface area contributed by atoms with Crippen LogP contribution in [0.3, 0.4) is 0 Å². The maximum atomic E-state index is 5.86. The Morgan fingerprint density at radius 2 is 1.48 bits per heavy atom. The van der Waals surface area contributed by atoms with Crippen molar-refractivity contribution in [3.63, 3.8) is 0 Å². The number of nitrogen functional groups attached to an aromatic ring is 2. The molecule has 1 atom stereocenters. The van der Waals surface area contributed by atoms with Gasteiger partial charge in [0.2, 0.25) is 13.6 Å². The van der Waals surface area contributed by atoms with Crippen LogP contribution in [-0.4, -0.2) is 26.8 Å². The van der Waals surface area contributed by atoms with Crippen molar-refractivity contribution < 1.29 is 23.7 Å². The SMILES string of the molecule is COC(C)C#Cc1cc(Br)c(N)c2c1OCO2.Nc1c(Br)cc(I)c2c1OCO2. The number of nitrogens with two attached hydrogens (primary N) is 2. The number of hydrogen-bond donors (Lipinski definition) is 2. The number of halogens is 3. The van der Waals surface area contributed by atoms with Gasteiger partial charge in [0.1, 0.15) is 6.10 Å². The molecule has 4 N–H and O–H groups in total. The van der Waals surface area contributed by atoms with E-state index >= 15 is 0 Å². The van der Waals surface area contributed by atoms with Crippen molar-refractivity contribution in [3.05, 3.63) is 30.2 Å². The van der Waals surface area contributed by atoms with Crippen molar-refractivity contribution >= 4 is 65.8 Å². The van der Waals surface area contributed by atoms with Gasteiger partial charge in [0.05, 0.1) is 20.5 Å². The minimum absolute atomic E-state index is 0.135. The van der Waals surface area contributed by atoms with Crippen LogP contribution in [0, 0.1) is 15.4 Å². The second-order valence-corrected chi connectivity index (χ2v) is 8.72. The van der Waals surface area contributed by atoms with Gasteiger partial charge < -0.3 is 35.2 Å². The second kappa shape index (κ2) is 9.51. The highest BCUT2D eigenvalue weighted by molar-refractivity contribution is 14.1. The molecule has 2 aliphatic heterocycles. The zero-order valence-electron chi connectivity index (χ0n) is 15.5. The Morgan fingerprint density at radius 3 is 2.10 bits per heavy atom. The van der Waals surface area contributed by atoms with Gasteiger partial charge in [0.25, 0.3) is 0 Å².